The van der Waals surface area contributed by atoms with Crippen molar-refractivity contribution in [1.82, 2.24) is 25.2 Å². The van der Waals surface area contributed by atoms with E-state index in [0.717, 1.165) is 17.8 Å². The number of hydrazone groups is 1. The molecule has 0 aliphatic carbocycles. The molecule has 0 fully saturated rings. The van der Waals surface area contributed by atoms with Gasteiger partial charge in [-0.3, -0.25) is 4.72 Å². The van der Waals surface area contributed by atoms with E-state index in [9.17, 15) is 8.42 Å². The summed E-state index contributed by atoms with van der Waals surface area (Å²) in [5.41, 5.74) is 14.9. The molecule has 0 saturated heterocycles. The molecular formula is C17H22N10O2S2. The van der Waals surface area contributed by atoms with Crippen molar-refractivity contribution in [1.29, 1.82) is 0 Å². The number of imidazole rings is 1. The van der Waals surface area contributed by atoms with Crippen LogP contribution >= 0.6 is 11.9 Å². The lowest BCUT2D eigenvalue weighted by atomic mass is 10.0. The molecule has 0 bridgehead atoms. The quantitative estimate of drug-likeness (QED) is 0.0546. The predicted octanol–water partition coefficient (Wildman–Crippen LogP) is -0.376. The molecule has 0 amide bonds. The lowest BCUT2D eigenvalue weighted by molar-refractivity contribution is 0.595. The van der Waals surface area contributed by atoms with Crippen LogP contribution in [0.4, 0.5) is 5.82 Å². The number of nitrogens with one attached hydrogen (secondary N) is 3. The molecule has 3 rings (SSSR count). The van der Waals surface area contributed by atoms with Gasteiger partial charge in [0, 0.05) is 47.6 Å². The Morgan fingerprint density at radius 2 is 2.03 bits per heavy atom. The second kappa shape index (κ2) is 9.76. The lowest BCUT2D eigenvalue weighted by Crippen LogP contribution is -2.27. The number of benzene rings is 1. The van der Waals surface area contributed by atoms with Crippen molar-refractivity contribution >= 4 is 33.6 Å². The monoisotopic (exact) mass is 462 g/mol. The average Bonchev–Trinajstić information content (AvgIpc) is 3.24. The van der Waals surface area contributed by atoms with Crippen molar-refractivity contribution in [3.63, 3.8) is 0 Å². The molecule has 0 saturated carbocycles. The summed E-state index contributed by atoms with van der Waals surface area (Å²) in [4.78, 5) is 11.3. The first-order chi connectivity index (χ1) is 14.8. The third-order valence-electron chi connectivity index (χ3n) is 4.15. The smallest absolute Gasteiger partial charge is 0.239 e. The lowest BCUT2D eigenvalue weighted by Gasteiger charge is -2.17. The summed E-state index contributed by atoms with van der Waals surface area (Å²) in [5, 5.41) is 9.32. The maximum absolute atomic E-state index is 12.6. The molecule has 2 aromatic heterocycles. The highest BCUT2D eigenvalue weighted by Gasteiger charge is 2.26. The van der Waals surface area contributed by atoms with E-state index in [1.54, 1.807) is 36.7 Å². The van der Waals surface area contributed by atoms with Crippen molar-refractivity contribution < 1.29 is 8.42 Å². The third kappa shape index (κ3) is 5.50. The normalized spacial score (nSPS) is 12.1. The SMILES string of the molecule is NN/N=C(\N)c1c(-c2ccc(N)nc2)ccc(SNCCc2ncc[nH]2)c1S(N)(=O)=O. The predicted molar refractivity (Wildman–Crippen MR) is 120 cm³/mol. The van der Waals surface area contributed by atoms with E-state index >= 15 is 0 Å². The second-order valence-electron chi connectivity index (χ2n) is 6.24. The number of H-pyrrole nitrogens is 1. The summed E-state index contributed by atoms with van der Waals surface area (Å²) in [6.07, 6.45) is 5.50. The number of aromatic amines is 1. The van der Waals surface area contributed by atoms with Gasteiger partial charge in [-0.15, -0.1) is 5.10 Å². The number of hydrazine groups is 1. The van der Waals surface area contributed by atoms with Gasteiger partial charge in [-0.05, 0) is 35.7 Å². The summed E-state index contributed by atoms with van der Waals surface area (Å²) in [7, 11) is -4.20. The van der Waals surface area contributed by atoms with Gasteiger partial charge in [0.15, 0.2) is 5.84 Å². The van der Waals surface area contributed by atoms with Gasteiger partial charge in [-0.2, -0.15) is 0 Å². The maximum atomic E-state index is 12.6. The van der Waals surface area contributed by atoms with Crippen molar-refractivity contribution in [2.75, 3.05) is 12.3 Å². The first-order valence-corrected chi connectivity index (χ1v) is 11.3. The molecule has 11 N–H and O–H groups in total. The number of pyridine rings is 1. The largest absolute Gasteiger partial charge is 0.384 e. The zero-order chi connectivity index (χ0) is 22.4. The summed E-state index contributed by atoms with van der Waals surface area (Å²) < 4.78 is 28.2. The highest BCUT2D eigenvalue weighted by Crippen LogP contribution is 2.34. The minimum atomic E-state index is -4.20. The number of hydrogen-bond acceptors (Lipinski definition) is 10. The van der Waals surface area contributed by atoms with Gasteiger partial charge in [-0.25, -0.2) is 34.9 Å². The van der Waals surface area contributed by atoms with Gasteiger partial charge in [0.2, 0.25) is 10.0 Å². The minimum absolute atomic E-state index is 0.102. The average molecular weight is 463 g/mol. The number of nitrogens with zero attached hydrogens (tertiary/aromatic N) is 3. The fourth-order valence-electron chi connectivity index (χ4n) is 2.84. The van der Waals surface area contributed by atoms with Crippen molar-refractivity contribution in [3.05, 3.63) is 54.2 Å². The first kappa shape index (κ1) is 22.5. The van der Waals surface area contributed by atoms with Crippen LogP contribution in [0, 0.1) is 0 Å². The molecule has 3 aromatic rings. The molecule has 12 nitrogen and oxygen atoms in total. The Labute approximate surface area is 183 Å². The molecule has 14 heteroatoms. The maximum Gasteiger partial charge on any atom is 0.239 e. The van der Waals surface area contributed by atoms with Gasteiger partial charge in [0.25, 0.3) is 0 Å². The molecule has 31 heavy (non-hydrogen) atoms. The van der Waals surface area contributed by atoms with E-state index in [0.29, 0.717) is 34.8 Å². The number of nitrogens with two attached hydrogens (primary N) is 4. The zero-order valence-electron chi connectivity index (χ0n) is 16.2. The molecule has 2 heterocycles. The van der Waals surface area contributed by atoms with Gasteiger partial charge in [0.05, 0.1) is 0 Å². The number of hydrogen-bond donors (Lipinski definition) is 7. The molecule has 0 radical (unpaired) electrons. The number of aromatic nitrogens is 3. The fraction of sp³-hybridized carbons (Fsp3) is 0.118. The standard InChI is InChI=1S/C17H22N10O2S2/c18-13-4-1-10(9-24-13)11-2-3-12(30-25-6-5-14-22-7-8-23-14)16(31(21,28)29)15(11)17(19)26-27-20/h1-4,7-9,25,27H,5-6,20H2,(H2,18,24)(H2,19,26)(H,22,23)(H2,21,28,29). The van der Waals surface area contributed by atoms with E-state index in [1.165, 1.54) is 6.20 Å². The van der Waals surface area contributed by atoms with Crippen LogP contribution in [0.15, 0.2) is 57.7 Å². The number of amidine groups is 1. The summed E-state index contributed by atoms with van der Waals surface area (Å²) >= 11 is 1.10. The van der Waals surface area contributed by atoms with Gasteiger partial charge in [-0.1, -0.05) is 6.07 Å². The van der Waals surface area contributed by atoms with Crippen molar-refractivity contribution in [3.8, 4) is 11.1 Å². The van der Waals surface area contributed by atoms with Crippen LogP contribution in [0.1, 0.15) is 11.4 Å². The first-order valence-electron chi connectivity index (χ1n) is 8.90. The highest BCUT2D eigenvalue weighted by atomic mass is 32.2. The number of sulfonamides is 1. The van der Waals surface area contributed by atoms with E-state index in [4.69, 9.17) is 22.4 Å². The highest BCUT2D eigenvalue weighted by molar-refractivity contribution is 7.98. The number of primary sulfonamides is 1. The van der Waals surface area contributed by atoms with Gasteiger partial charge in [0.1, 0.15) is 16.5 Å². The van der Waals surface area contributed by atoms with Crippen LogP contribution in [0.5, 0.6) is 0 Å². The van der Waals surface area contributed by atoms with E-state index < -0.39 is 10.0 Å². The Morgan fingerprint density at radius 3 is 2.65 bits per heavy atom. The van der Waals surface area contributed by atoms with Gasteiger partial charge < -0.3 is 16.5 Å². The molecular weight excluding hydrogens is 440 g/mol. The molecule has 0 unspecified atom stereocenters. The van der Waals surface area contributed by atoms with E-state index in [2.05, 4.69) is 30.3 Å². The summed E-state index contributed by atoms with van der Waals surface area (Å²) in [6, 6.07) is 6.60. The van der Waals surface area contributed by atoms with Crippen LogP contribution in [0.2, 0.25) is 0 Å². The molecule has 0 spiro atoms. The Balaban J connectivity index is 2.04. The second-order valence-corrected chi connectivity index (χ2v) is 8.67. The number of rotatable bonds is 9. The van der Waals surface area contributed by atoms with E-state index in [-0.39, 0.29) is 16.3 Å². The van der Waals surface area contributed by atoms with Crippen LogP contribution in [0.25, 0.3) is 11.1 Å². The van der Waals surface area contributed by atoms with Crippen LogP contribution in [0.3, 0.4) is 0 Å². The zero-order valence-corrected chi connectivity index (χ0v) is 17.9. The Morgan fingerprint density at radius 1 is 1.23 bits per heavy atom. The topological polar surface area (TPSA) is 216 Å². The van der Waals surface area contributed by atoms with Crippen LogP contribution in [-0.2, 0) is 16.4 Å². The molecule has 0 aliphatic rings. The molecule has 0 atom stereocenters. The molecule has 164 valence electrons. The Kier molecular flexibility index (Phi) is 7.09. The number of anilines is 1. The van der Waals surface area contributed by atoms with Gasteiger partial charge >= 0.3 is 0 Å². The van der Waals surface area contributed by atoms with Crippen molar-refractivity contribution in [2.45, 2.75) is 16.2 Å². The van der Waals surface area contributed by atoms with Crippen LogP contribution < -0.4 is 32.7 Å². The fourth-order valence-corrected chi connectivity index (χ4v) is 4.86. The number of nitrogen functional groups attached to an aromatic ring is 1. The Hall–Kier alpha value is -3.17. The summed E-state index contributed by atoms with van der Waals surface area (Å²) in [5.74, 6) is 6.23. The van der Waals surface area contributed by atoms with Crippen molar-refractivity contribution in [2.24, 2.45) is 21.8 Å². The summed E-state index contributed by atoms with van der Waals surface area (Å²) in [6.45, 7) is 0.523. The third-order valence-corrected chi connectivity index (χ3v) is 6.18. The van der Waals surface area contributed by atoms with E-state index in [1.807, 2.05) is 0 Å². The Bertz CT molecular complexity index is 1160. The molecule has 0 aliphatic heterocycles. The minimum Gasteiger partial charge on any atom is -0.384 e. The van der Waals surface area contributed by atoms with Crippen LogP contribution in [-0.4, -0.2) is 35.8 Å². The molecule has 1 aromatic carbocycles.